The fourth-order valence-electron chi connectivity index (χ4n) is 3.68. The summed E-state index contributed by atoms with van der Waals surface area (Å²) in [5, 5.41) is 3.72. The number of nitrogens with one attached hydrogen (secondary N) is 1. The van der Waals surface area contributed by atoms with E-state index in [0.29, 0.717) is 6.04 Å². The maximum atomic E-state index is 6.32. The summed E-state index contributed by atoms with van der Waals surface area (Å²) < 4.78 is 6.32. The molecule has 0 aliphatic heterocycles. The lowest BCUT2D eigenvalue weighted by molar-refractivity contribution is -0.0894. The van der Waals surface area contributed by atoms with Crippen LogP contribution in [0.3, 0.4) is 0 Å². The Labute approximate surface area is 130 Å². The van der Waals surface area contributed by atoms with E-state index in [9.17, 15) is 0 Å². The molecule has 1 fully saturated rings. The van der Waals surface area contributed by atoms with E-state index in [1.807, 2.05) is 0 Å². The van der Waals surface area contributed by atoms with Gasteiger partial charge < -0.3 is 10.1 Å². The molecule has 2 heteroatoms. The number of rotatable bonds is 7. The first-order valence-electron chi connectivity index (χ1n) is 8.63. The summed E-state index contributed by atoms with van der Waals surface area (Å²) in [4.78, 5) is 0. The molecule has 0 spiro atoms. The molecule has 1 atom stereocenters. The Hall–Kier alpha value is -0.860. The monoisotopic (exact) mass is 289 g/mol. The number of hydrogen-bond acceptors (Lipinski definition) is 2. The summed E-state index contributed by atoms with van der Waals surface area (Å²) in [6.45, 7) is 8.30. The summed E-state index contributed by atoms with van der Waals surface area (Å²) in [6.07, 6.45) is 7.42. The standard InChI is InChI=1S/C19H31NO/c1-4-20-18(15-17-11-9-16(3)10-12-17)19(21-5-2)13-7-6-8-14-19/h9-12,18,20H,4-8,13-15H2,1-3H3. The zero-order valence-electron chi connectivity index (χ0n) is 14.0. The molecule has 0 bridgehead atoms. The Bertz CT molecular complexity index is 401. The third kappa shape index (κ3) is 4.31. The summed E-state index contributed by atoms with van der Waals surface area (Å²) in [6, 6.07) is 9.38. The van der Waals surface area contributed by atoms with Crippen LogP contribution in [0.2, 0.25) is 0 Å². The topological polar surface area (TPSA) is 21.3 Å². The van der Waals surface area contributed by atoms with E-state index in [0.717, 1.165) is 19.6 Å². The highest BCUT2D eigenvalue weighted by Gasteiger charge is 2.40. The van der Waals surface area contributed by atoms with Gasteiger partial charge in [0.05, 0.1) is 5.60 Å². The Morgan fingerprint density at radius 3 is 2.33 bits per heavy atom. The highest BCUT2D eigenvalue weighted by Crippen LogP contribution is 2.36. The second-order valence-corrected chi connectivity index (χ2v) is 6.36. The van der Waals surface area contributed by atoms with Crippen LogP contribution in [0, 0.1) is 6.92 Å². The molecular formula is C19H31NO. The molecule has 0 heterocycles. The fourth-order valence-corrected chi connectivity index (χ4v) is 3.68. The lowest BCUT2D eigenvalue weighted by atomic mass is 9.77. The van der Waals surface area contributed by atoms with Crippen molar-refractivity contribution in [2.75, 3.05) is 13.2 Å². The van der Waals surface area contributed by atoms with Crippen molar-refractivity contribution < 1.29 is 4.74 Å². The van der Waals surface area contributed by atoms with Gasteiger partial charge in [-0.25, -0.2) is 0 Å². The molecule has 1 aromatic rings. The van der Waals surface area contributed by atoms with Crippen LogP contribution in [0.25, 0.3) is 0 Å². The van der Waals surface area contributed by atoms with Crippen molar-refractivity contribution in [2.24, 2.45) is 0 Å². The molecule has 1 saturated carbocycles. The van der Waals surface area contributed by atoms with Crippen molar-refractivity contribution >= 4 is 0 Å². The Morgan fingerprint density at radius 1 is 1.10 bits per heavy atom. The first-order chi connectivity index (χ1) is 10.2. The minimum absolute atomic E-state index is 0.0356. The van der Waals surface area contributed by atoms with Gasteiger partial charge in [0.25, 0.3) is 0 Å². The van der Waals surface area contributed by atoms with Crippen LogP contribution in [0.4, 0.5) is 0 Å². The van der Waals surface area contributed by atoms with Crippen molar-refractivity contribution in [1.29, 1.82) is 0 Å². The SMILES string of the molecule is CCNC(Cc1ccc(C)cc1)C1(OCC)CCCCC1. The third-order valence-corrected chi connectivity index (χ3v) is 4.78. The van der Waals surface area contributed by atoms with Gasteiger partial charge in [-0.1, -0.05) is 56.0 Å². The van der Waals surface area contributed by atoms with E-state index in [-0.39, 0.29) is 5.60 Å². The number of likely N-dealkylation sites (N-methyl/N-ethyl adjacent to an activating group) is 1. The summed E-state index contributed by atoms with van der Waals surface area (Å²) in [7, 11) is 0. The average Bonchev–Trinajstić information content (AvgIpc) is 2.50. The van der Waals surface area contributed by atoms with Gasteiger partial charge in [0.2, 0.25) is 0 Å². The molecule has 2 nitrogen and oxygen atoms in total. The average molecular weight is 289 g/mol. The molecule has 0 saturated heterocycles. The third-order valence-electron chi connectivity index (χ3n) is 4.78. The molecule has 0 amide bonds. The smallest absolute Gasteiger partial charge is 0.0837 e. The van der Waals surface area contributed by atoms with Crippen LogP contribution < -0.4 is 5.32 Å². The lowest BCUT2D eigenvalue weighted by Crippen LogP contribution is -2.54. The van der Waals surface area contributed by atoms with E-state index >= 15 is 0 Å². The predicted octanol–water partition coefficient (Wildman–Crippen LogP) is 4.26. The quantitative estimate of drug-likeness (QED) is 0.810. The van der Waals surface area contributed by atoms with Crippen LogP contribution in [0.5, 0.6) is 0 Å². The van der Waals surface area contributed by atoms with E-state index in [2.05, 4.69) is 50.4 Å². The van der Waals surface area contributed by atoms with Gasteiger partial charge in [0, 0.05) is 12.6 Å². The van der Waals surface area contributed by atoms with Crippen LogP contribution in [-0.4, -0.2) is 24.8 Å². The fraction of sp³-hybridized carbons (Fsp3) is 0.684. The maximum absolute atomic E-state index is 6.32. The van der Waals surface area contributed by atoms with E-state index in [1.165, 1.54) is 43.2 Å². The van der Waals surface area contributed by atoms with Gasteiger partial charge in [0.1, 0.15) is 0 Å². The molecule has 1 unspecified atom stereocenters. The van der Waals surface area contributed by atoms with E-state index in [4.69, 9.17) is 4.74 Å². The van der Waals surface area contributed by atoms with Gasteiger partial charge in [0.15, 0.2) is 0 Å². The molecular weight excluding hydrogens is 258 g/mol. The predicted molar refractivity (Wildman–Crippen MR) is 89.8 cm³/mol. The summed E-state index contributed by atoms with van der Waals surface area (Å²) in [5.41, 5.74) is 2.78. The zero-order valence-corrected chi connectivity index (χ0v) is 14.0. The first-order valence-corrected chi connectivity index (χ1v) is 8.63. The van der Waals surface area contributed by atoms with E-state index in [1.54, 1.807) is 0 Å². The minimum atomic E-state index is 0.0356. The number of aryl methyl sites for hydroxylation is 1. The second kappa shape index (κ2) is 7.95. The number of benzene rings is 1. The minimum Gasteiger partial charge on any atom is -0.374 e. The zero-order chi connectivity index (χ0) is 15.1. The summed E-state index contributed by atoms with van der Waals surface area (Å²) in [5.74, 6) is 0. The van der Waals surface area contributed by atoms with Crippen molar-refractivity contribution in [1.82, 2.24) is 5.32 Å². The van der Waals surface area contributed by atoms with Gasteiger partial charge in [-0.3, -0.25) is 0 Å². The Balaban J connectivity index is 2.16. The van der Waals surface area contributed by atoms with Crippen LogP contribution in [0.1, 0.15) is 57.1 Å². The van der Waals surface area contributed by atoms with Gasteiger partial charge >= 0.3 is 0 Å². The highest BCUT2D eigenvalue weighted by atomic mass is 16.5. The molecule has 0 radical (unpaired) electrons. The molecule has 1 N–H and O–H groups in total. The molecule has 1 aliphatic carbocycles. The Morgan fingerprint density at radius 2 is 1.76 bits per heavy atom. The van der Waals surface area contributed by atoms with Crippen LogP contribution >= 0.6 is 0 Å². The highest BCUT2D eigenvalue weighted by molar-refractivity contribution is 5.23. The normalized spacial score (nSPS) is 19.4. The molecule has 1 aromatic carbocycles. The van der Waals surface area contributed by atoms with Gasteiger partial charge in [-0.05, 0) is 45.2 Å². The van der Waals surface area contributed by atoms with Crippen molar-refractivity contribution in [3.63, 3.8) is 0 Å². The number of ether oxygens (including phenoxy) is 1. The maximum Gasteiger partial charge on any atom is 0.0837 e. The van der Waals surface area contributed by atoms with Gasteiger partial charge in [-0.2, -0.15) is 0 Å². The second-order valence-electron chi connectivity index (χ2n) is 6.36. The Kier molecular flexibility index (Phi) is 6.25. The van der Waals surface area contributed by atoms with Crippen molar-refractivity contribution in [2.45, 2.75) is 70.9 Å². The van der Waals surface area contributed by atoms with Crippen LogP contribution in [-0.2, 0) is 11.2 Å². The largest absolute Gasteiger partial charge is 0.374 e. The van der Waals surface area contributed by atoms with Crippen molar-refractivity contribution in [3.05, 3.63) is 35.4 Å². The molecule has 2 rings (SSSR count). The molecule has 118 valence electrons. The van der Waals surface area contributed by atoms with Crippen LogP contribution in [0.15, 0.2) is 24.3 Å². The summed E-state index contributed by atoms with van der Waals surface area (Å²) >= 11 is 0. The lowest BCUT2D eigenvalue weighted by Gasteiger charge is -2.44. The number of hydrogen-bond donors (Lipinski definition) is 1. The molecule has 1 aliphatic rings. The molecule has 0 aromatic heterocycles. The van der Waals surface area contributed by atoms with E-state index < -0.39 is 0 Å². The van der Waals surface area contributed by atoms with Crippen molar-refractivity contribution in [3.8, 4) is 0 Å². The molecule has 21 heavy (non-hydrogen) atoms. The van der Waals surface area contributed by atoms with Gasteiger partial charge in [-0.15, -0.1) is 0 Å². The first kappa shape index (κ1) is 16.5.